The Bertz CT molecular complexity index is 1210. The van der Waals surface area contributed by atoms with Crippen molar-refractivity contribution in [3.05, 3.63) is 88.7 Å². The molecule has 0 aliphatic carbocycles. The molecular formula is C31H40ClN3O4. The lowest BCUT2D eigenvalue weighted by atomic mass is 10.1. The second kappa shape index (κ2) is 15.3. The summed E-state index contributed by atoms with van der Waals surface area (Å²) in [7, 11) is 1.54. The molecule has 0 aliphatic heterocycles. The van der Waals surface area contributed by atoms with Gasteiger partial charge in [-0.05, 0) is 55.2 Å². The minimum Gasteiger partial charge on any atom is -0.496 e. The summed E-state index contributed by atoms with van der Waals surface area (Å²) in [6.45, 7) is 9.24. The molecule has 2 amide bonds. The van der Waals surface area contributed by atoms with E-state index < -0.39 is 0 Å². The fourth-order valence-corrected chi connectivity index (χ4v) is 4.65. The molecule has 0 saturated heterocycles. The predicted molar refractivity (Wildman–Crippen MR) is 155 cm³/mol. The van der Waals surface area contributed by atoms with Gasteiger partial charge in [-0.1, -0.05) is 55.8 Å². The smallest absolute Gasteiger partial charge is 0.258 e. The number of para-hydroxylation sites is 1. The van der Waals surface area contributed by atoms with E-state index in [2.05, 4.69) is 18.4 Å². The Morgan fingerprint density at radius 2 is 1.74 bits per heavy atom. The van der Waals surface area contributed by atoms with Crippen LogP contribution < -0.4 is 4.74 Å². The van der Waals surface area contributed by atoms with Gasteiger partial charge in [-0.2, -0.15) is 0 Å². The molecule has 1 heterocycles. The van der Waals surface area contributed by atoms with Gasteiger partial charge in [0.1, 0.15) is 12.3 Å². The minimum atomic E-state index is -0.233. The summed E-state index contributed by atoms with van der Waals surface area (Å²) in [6.07, 6.45) is 2.63. The van der Waals surface area contributed by atoms with E-state index >= 15 is 0 Å². The fraction of sp³-hybridized carbons (Fsp3) is 0.419. The second-order valence-corrected chi connectivity index (χ2v) is 10.3. The Balaban J connectivity index is 1.80. The first-order chi connectivity index (χ1) is 18.8. The van der Waals surface area contributed by atoms with Crippen molar-refractivity contribution in [1.82, 2.24) is 14.4 Å². The minimum absolute atomic E-state index is 0.0268. The monoisotopic (exact) mass is 553 g/mol. The number of nitrogens with zero attached hydrogens (tertiary/aromatic N) is 3. The summed E-state index contributed by atoms with van der Waals surface area (Å²) in [4.78, 5) is 30.8. The van der Waals surface area contributed by atoms with Crippen LogP contribution >= 0.6 is 11.6 Å². The van der Waals surface area contributed by atoms with Gasteiger partial charge in [0.05, 0.1) is 19.2 Å². The third-order valence-corrected chi connectivity index (χ3v) is 6.75. The van der Waals surface area contributed by atoms with Crippen LogP contribution in [0.25, 0.3) is 0 Å². The summed E-state index contributed by atoms with van der Waals surface area (Å²) in [6, 6.07) is 18.9. The molecule has 0 spiro atoms. The lowest BCUT2D eigenvalue weighted by molar-refractivity contribution is -0.133. The van der Waals surface area contributed by atoms with Crippen LogP contribution in [0.5, 0.6) is 5.75 Å². The van der Waals surface area contributed by atoms with Gasteiger partial charge in [-0.15, -0.1) is 0 Å². The summed E-state index contributed by atoms with van der Waals surface area (Å²) in [5.74, 6) is 0.413. The Morgan fingerprint density at radius 3 is 2.46 bits per heavy atom. The predicted octanol–water partition coefficient (Wildman–Crippen LogP) is 5.75. The number of carbonyl (C=O) groups is 2. The largest absolute Gasteiger partial charge is 0.496 e. The number of methoxy groups -OCH3 is 1. The van der Waals surface area contributed by atoms with Gasteiger partial charge in [0, 0.05) is 49.8 Å². The summed E-state index contributed by atoms with van der Waals surface area (Å²) in [5.41, 5.74) is 2.46. The molecule has 1 aromatic heterocycles. The average Bonchev–Trinajstić information content (AvgIpc) is 3.36. The van der Waals surface area contributed by atoms with Crippen LogP contribution in [0.2, 0.25) is 5.02 Å². The molecule has 210 valence electrons. The molecule has 0 N–H and O–H groups in total. The second-order valence-electron chi connectivity index (χ2n) is 9.86. The third-order valence-electron chi connectivity index (χ3n) is 6.38. The number of aromatic nitrogens is 1. The SMILES string of the molecule is CCOCCCN(CC(=O)N(Cc1cccn1Cc1ccccc1Cl)CC(C)C)C(=O)c1ccccc1OC. The van der Waals surface area contributed by atoms with Gasteiger partial charge in [-0.3, -0.25) is 9.59 Å². The summed E-state index contributed by atoms with van der Waals surface area (Å²) < 4.78 is 13.0. The molecule has 0 unspecified atom stereocenters. The molecule has 0 fully saturated rings. The Kier molecular flexibility index (Phi) is 11.9. The third kappa shape index (κ3) is 8.87. The van der Waals surface area contributed by atoms with Crippen molar-refractivity contribution < 1.29 is 19.1 Å². The molecule has 39 heavy (non-hydrogen) atoms. The van der Waals surface area contributed by atoms with E-state index in [9.17, 15) is 9.59 Å². The zero-order chi connectivity index (χ0) is 28.2. The van der Waals surface area contributed by atoms with E-state index in [1.165, 1.54) is 0 Å². The van der Waals surface area contributed by atoms with Gasteiger partial charge in [0.15, 0.2) is 0 Å². The number of rotatable bonds is 15. The lowest BCUT2D eigenvalue weighted by Gasteiger charge is -2.29. The van der Waals surface area contributed by atoms with Crippen molar-refractivity contribution in [1.29, 1.82) is 0 Å². The van der Waals surface area contributed by atoms with E-state index in [4.69, 9.17) is 21.1 Å². The van der Waals surface area contributed by atoms with E-state index in [0.29, 0.717) is 62.1 Å². The van der Waals surface area contributed by atoms with Crippen LogP contribution in [0.1, 0.15) is 48.8 Å². The maximum absolute atomic E-state index is 13.8. The average molecular weight is 554 g/mol. The number of carbonyl (C=O) groups excluding carboxylic acids is 2. The van der Waals surface area contributed by atoms with E-state index in [0.717, 1.165) is 11.3 Å². The van der Waals surface area contributed by atoms with Crippen LogP contribution in [0.15, 0.2) is 66.9 Å². The van der Waals surface area contributed by atoms with Gasteiger partial charge >= 0.3 is 0 Å². The number of hydrogen-bond acceptors (Lipinski definition) is 4. The number of amides is 2. The standard InChI is InChI=1S/C31H40ClN3O4/c1-5-39-19-11-18-34(31(37)27-14-7-9-16-29(27)38-4)23-30(36)35(20-24(2)3)22-26-13-10-17-33(26)21-25-12-6-8-15-28(25)32/h6-10,12-17,24H,5,11,18-23H2,1-4H3. The van der Waals surface area contributed by atoms with Crippen molar-refractivity contribution >= 4 is 23.4 Å². The molecule has 0 saturated carbocycles. The molecule has 0 bridgehead atoms. The van der Waals surface area contributed by atoms with Gasteiger partial charge in [0.25, 0.3) is 5.91 Å². The van der Waals surface area contributed by atoms with Crippen molar-refractivity contribution in [2.24, 2.45) is 5.92 Å². The van der Waals surface area contributed by atoms with Crippen molar-refractivity contribution in [2.75, 3.05) is 40.0 Å². The quantitative estimate of drug-likeness (QED) is 0.225. The highest BCUT2D eigenvalue weighted by Crippen LogP contribution is 2.21. The number of benzene rings is 2. The lowest BCUT2D eigenvalue weighted by Crippen LogP contribution is -2.44. The first-order valence-corrected chi connectivity index (χ1v) is 13.9. The number of ether oxygens (including phenoxy) is 2. The first kappa shape index (κ1) is 30.3. The topological polar surface area (TPSA) is 64.0 Å². The summed E-state index contributed by atoms with van der Waals surface area (Å²) >= 11 is 6.41. The van der Waals surface area contributed by atoms with Gasteiger partial charge < -0.3 is 23.8 Å². The highest BCUT2D eigenvalue weighted by molar-refractivity contribution is 6.31. The van der Waals surface area contributed by atoms with Crippen LogP contribution in [-0.2, 0) is 22.6 Å². The van der Waals surface area contributed by atoms with Crippen LogP contribution in [-0.4, -0.2) is 66.1 Å². The number of hydrogen-bond donors (Lipinski definition) is 0. The maximum Gasteiger partial charge on any atom is 0.258 e. The zero-order valence-electron chi connectivity index (χ0n) is 23.4. The molecular weight excluding hydrogens is 514 g/mol. The van der Waals surface area contributed by atoms with Crippen LogP contribution in [0.4, 0.5) is 0 Å². The molecule has 7 nitrogen and oxygen atoms in total. The van der Waals surface area contributed by atoms with Crippen LogP contribution in [0.3, 0.4) is 0 Å². The van der Waals surface area contributed by atoms with Crippen molar-refractivity contribution in [3.8, 4) is 5.75 Å². The Labute approximate surface area is 237 Å². The molecule has 3 rings (SSSR count). The van der Waals surface area contributed by atoms with Crippen molar-refractivity contribution in [3.63, 3.8) is 0 Å². The van der Waals surface area contributed by atoms with E-state index in [-0.39, 0.29) is 24.3 Å². The highest BCUT2D eigenvalue weighted by Gasteiger charge is 2.25. The Hall–Kier alpha value is -3.29. The molecule has 8 heteroatoms. The Morgan fingerprint density at radius 1 is 1.00 bits per heavy atom. The normalized spacial score (nSPS) is 11.0. The highest BCUT2D eigenvalue weighted by atomic mass is 35.5. The molecule has 0 aliphatic rings. The van der Waals surface area contributed by atoms with Crippen molar-refractivity contribution in [2.45, 2.75) is 40.3 Å². The molecule has 3 aromatic rings. The fourth-order valence-electron chi connectivity index (χ4n) is 4.46. The molecule has 0 radical (unpaired) electrons. The number of halogens is 1. The van der Waals surface area contributed by atoms with Gasteiger partial charge in [0.2, 0.25) is 5.91 Å². The zero-order valence-corrected chi connectivity index (χ0v) is 24.2. The van der Waals surface area contributed by atoms with E-state index in [1.54, 1.807) is 30.2 Å². The van der Waals surface area contributed by atoms with Gasteiger partial charge in [-0.25, -0.2) is 0 Å². The first-order valence-electron chi connectivity index (χ1n) is 13.5. The maximum atomic E-state index is 13.8. The van der Waals surface area contributed by atoms with E-state index in [1.807, 2.05) is 60.5 Å². The summed E-state index contributed by atoms with van der Waals surface area (Å²) in [5, 5.41) is 0.713. The molecule has 0 atom stereocenters. The van der Waals surface area contributed by atoms with Crippen LogP contribution in [0, 0.1) is 5.92 Å². The molecule has 2 aromatic carbocycles.